The number of esters is 1. The Hall–Kier alpha value is -2.46. The Morgan fingerprint density at radius 2 is 2.12 bits per heavy atom. The van der Waals surface area contributed by atoms with Crippen LogP contribution in [0.3, 0.4) is 0 Å². The van der Waals surface area contributed by atoms with Crippen LogP contribution < -0.4 is 5.32 Å². The Labute approximate surface area is 155 Å². The highest BCUT2D eigenvalue weighted by molar-refractivity contribution is 7.99. The minimum Gasteiger partial charge on any atom is -0.455 e. The molecule has 26 heavy (non-hydrogen) atoms. The van der Waals surface area contributed by atoms with E-state index in [0.717, 1.165) is 28.6 Å². The van der Waals surface area contributed by atoms with Gasteiger partial charge in [-0.2, -0.15) is 4.68 Å². The summed E-state index contributed by atoms with van der Waals surface area (Å²) in [6.45, 7) is 4.38. The molecule has 0 saturated carbocycles. The zero-order chi connectivity index (χ0) is 18.9. The van der Waals surface area contributed by atoms with Gasteiger partial charge in [-0.05, 0) is 41.5 Å². The lowest BCUT2D eigenvalue weighted by Gasteiger charge is -2.08. The summed E-state index contributed by atoms with van der Waals surface area (Å²) in [4.78, 5) is 23.3. The molecule has 0 atom stereocenters. The van der Waals surface area contributed by atoms with E-state index in [9.17, 15) is 9.59 Å². The van der Waals surface area contributed by atoms with Crippen molar-refractivity contribution in [2.75, 3.05) is 32.6 Å². The third-order valence-corrected chi connectivity index (χ3v) is 4.24. The van der Waals surface area contributed by atoms with Crippen LogP contribution in [0.1, 0.15) is 11.1 Å². The molecule has 0 aliphatic heterocycles. The maximum absolute atomic E-state index is 11.8. The molecule has 0 fully saturated rings. The number of ether oxygens (including phenoxy) is 2. The molecule has 140 valence electrons. The number of methoxy groups -OCH3 is 1. The number of nitrogens with zero attached hydrogens (tertiary/aromatic N) is 4. The van der Waals surface area contributed by atoms with E-state index in [1.165, 1.54) is 7.11 Å². The average molecular weight is 379 g/mol. The highest BCUT2D eigenvalue weighted by Crippen LogP contribution is 2.21. The van der Waals surface area contributed by atoms with Crippen molar-refractivity contribution < 1.29 is 19.1 Å². The van der Waals surface area contributed by atoms with Crippen LogP contribution in [-0.2, 0) is 19.1 Å². The van der Waals surface area contributed by atoms with E-state index in [2.05, 4.69) is 20.8 Å². The molecule has 2 aromatic rings. The first-order valence-electron chi connectivity index (χ1n) is 7.91. The molecular formula is C16H21N5O4S. The van der Waals surface area contributed by atoms with Gasteiger partial charge in [-0.25, -0.2) is 0 Å². The second kappa shape index (κ2) is 9.88. The van der Waals surface area contributed by atoms with Gasteiger partial charge in [0, 0.05) is 13.7 Å². The molecule has 1 aromatic heterocycles. The number of tetrazole rings is 1. The normalized spacial score (nSPS) is 10.6. The van der Waals surface area contributed by atoms with Gasteiger partial charge < -0.3 is 14.8 Å². The van der Waals surface area contributed by atoms with E-state index < -0.39 is 5.97 Å². The molecule has 0 aliphatic carbocycles. The number of aryl methyl sites for hydroxylation is 2. The SMILES string of the molecule is COCCNC(=O)COC(=O)CSc1nnnn1-c1cc(C)ccc1C. The predicted molar refractivity (Wildman–Crippen MR) is 95.2 cm³/mol. The summed E-state index contributed by atoms with van der Waals surface area (Å²) < 4.78 is 11.3. The quantitative estimate of drug-likeness (QED) is 0.385. The van der Waals surface area contributed by atoms with Gasteiger partial charge in [0.25, 0.3) is 5.91 Å². The van der Waals surface area contributed by atoms with Crippen LogP contribution in [-0.4, -0.2) is 64.7 Å². The number of hydrogen-bond donors (Lipinski definition) is 1. The molecule has 1 aromatic carbocycles. The van der Waals surface area contributed by atoms with Crippen LogP contribution in [0.4, 0.5) is 0 Å². The van der Waals surface area contributed by atoms with Crippen molar-refractivity contribution in [2.24, 2.45) is 0 Å². The molecule has 0 bridgehead atoms. The molecule has 2 rings (SSSR count). The Bertz CT molecular complexity index is 765. The number of amides is 1. The zero-order valence-corrected chi connectivity index (χ0v) is 15.7. The third-order valence-electron chi connectivity index (χ3n) is 3.35. The number of thioether (sulfide) groups is 1. The van der Waals surface area contributed by atoms with Crippen LogP contribution in [0.2, 0.25) is 0 Å². The number of carbonyl (C=O) groups excluding carboxylic acids is 2. The van der Waals surface area contributed by atoms with Crippen LogP contribution >= 0.6 is 11.8 Å². The van der Waals surface area contributed by atoms with Crippen LogP contribution in [0.5, 0.6) is 0 Å². The maximum atomic E-state index is 11.8. The van der Waals surface area contributed by atoms with E-state index >= 15 is 0 Å². The lowest BCUT2D eigenvalue weighted by molar-refractivity contribution is -0.145. The fourth-order valence-electron chi connectivity index (χ4n) is 2.02. The number of aromatic nitrogens is 4. The monoisotopic (exact) mass is 379 g/mol. The summed E-state index contributed by atoms with van der Waals surface area (Å²) in [6.07, 6.45) is 0. The van der Waals surface area contributed by atoms with Crippen molar-refractivity contribution in [2.45, 2.75) is 19.0 Å². The summed E-state index contributed by atoms with van der Waals surface area (Å²) in [7, 11) is 1.54. The Morgan fingerprint density at radius 3 is 2.88 bits per heavy atom. The molecule has 1 amide bonds. The second-order valence-electron chi connectivity index (χ2n) is 5.46. The minimum absolute atomic E-state index is 0.00339. The van der Waals surface area contributed by atoms with Gasteiger partial charge in [0.05, 0.1) is 18.0 Å². The van der Waals surface area contributed by atoms with Crippen LogP contribution in [0, 0.1) is 13.8 Å². The number of hydrogen-bond acceptors (Lipinski definition) is 8. The molecule has 1 N–H and O–H groups in total. The first-order chi connectivity index (χ1) is 12.5. The smallest absolute Gasteiger partial charge is 0.316 e. The summed E-state index contributed by atoms with van der Waals surface area (Å²) in [6, 6.07) is 5.96. The van der Waals surface area contributed by atoms with Gasteiger partial charge in [-0.15, -0.1) is 5.10 Å². The van der Waals surface area contributed by atoms with Crippen molar-refractivity contribution in [3.63, 3.8) is 0 Å². The summed E-state index contributed by atoms with van der Waals surface area (Å²) in [5.74, 6) is -0.899. The molecule has 0 radical (unpaired) electrons. The Morgan fingerprint density at radius 1 is 1.31 bits per heavy atom. The number of benzene rings is 1. The molecule has 10 heteroatoms. The van der Waals surface area contributed by atoms with Crippen molar-refractivity contribution in [3.8, 4) is 5.69 Å². The van der Waals surface area contributed by atoms with Crippen molar-refractivity contribution in [1.29, 1.82) is 0 Å². The largest absolute Gasteiger partial charge is 0.455 e. The summed E-state index contributed by atoms with van der Waals surface area (Å²) in [5.41, 5.74) is 2.94. The minimum atomic E-state index is -0.521. The van der Waals surface area contributed by atoms with Crippen molar-refractivity contribution >= 4 is 23.6 Å². The number of carbonyl (C=O) groups is 2. The van der Waals surface area contributed by atoms with Crippen molar-refractivity contribution in [3.05, 3.63) is 29.3 Å². The lowest BCUT2D eigenvalue weighted by atomic mass is 10.1. The molecule has 1 heterocycles. The predicted octanol–water partition coefficient (Wildman–Crippen LogP) is 0.677. The van der Waals surface area contributed by atoms with Gasteiger partial charge in [-0.1, -0.05) is 23.9 Å². The summed E-state index contributed by atoms with van der Waals surface area (Å²) >= 11 is 1.14. The molecule has 0 aliphatic rings. The maximum Gasteiger partial charge on any atom is 0.316 e. The molecule has 0 unspecified atom stereocenters. The zero-order valence-electron chi connectivity index (χ0n) is 14.9. The second-order valence-corrected chi connectivity index (χ2v) is 6.40. The average Bonchev–Trinajstić information content (AvgIpc) is 3.09. The molecule has 0 spiro atoms. The molecule has 0 saturated heterocycles. The van der Waals surface area contributed by atoms with Gasteiger partial charge in [0.15, 0.2) is 6.61 Å². The fraction of sp³-hybridized carbons (Fsp3) is 0.438. The van der Waals surface area contributed by atoms with Crippen LogP contribution in [0.25, 0.3) is 5.69 Å². The Balaban J connectivity index is 1.87. The highest BCUT2D eigenvalue weighted by atomic mass is 32.2. The number of rotatable bonds is 9. The van der Waals surface area contributed by atoms with Crippen LogP contribution in [0.15, 0.2) is 23.4 Å². The first kappa shape index (κ1) is 19.9. The van der Waals surface area contributed by atoms with Gasteiger partial charge >= 0.3 is 5.97 Å². The Kier molecular flexibility index (Phi) is 7.54. The third kappa shape index (κ3) is 5.81. The van der Waals surface area contributed by atoms with E-state index in [4.69, 9.17) is 9.47 Å². The van der Waals surface area contributed by atoms with Gasteiger partial charge in [0.1, 0.15) is 0 Å². The number of nitrogens with one attached hydrogen (secondary N) is 1. The van der Waals surface area contributed by atoms with E-state index in [-0.39, 0.29) is 18.3 Å². The molecule has 9 nitrogen and oxygen atoms in total. The van der Waals surface area contributed by atoms with E-state index in [1.54, 1.807) is 4.68 Å². The summed E-state index contributed by atoms with van der Waals surface area (Å²) in [5, 5.41) is 14.6. The van der Waals surface area contributed by atoms with Crippen molar-refractivity contribution in [1.82, 2.24) is 25.5 Å². The molecular weight excluding hydrogens is 358 g/mol. The lowest BCUT2D eigenvalue weighted by Crippen LogP contribution is -2.31. The van der Waals surface area contributed by atoms with Gasteiger partial charge in [0.2, 0.25) is 5.16 Å². The standard InChI is InChI=1S/C16H21N5O4S/c1-11-4-5-12(2)13(8-11)21-16(18-19-20-21)26-10-15(23)25-9-14(22)17-6-7-24-3/h4-5,8H,6-7,9-10H2,1-3H3,(H,17,22). The first-order valence-corrected chi connectivity index (χ1v) is 8.90. The van der Waals surface area contributed by atoms with E-state index in [0.29, 0.717) is 18.3 Å². The highest BCUT2D eigenvalue weighted by Gasteiger charge is 2.14. The van der Waals surface area contributed by atoms with Gasteiger partial charge in [-0.3, -0.25) is 9.59 Å². The topological polar surface area (TPSA) is 108 Å². The van der Waals surface area contributed by atoms with E-state index in [1.807, 2.05) is 32.0 Å². The fourth-order valence-corrected chi connectivity index (χ4v) is 2.70.